The first-order chi connectivity index (χ1) is 11.7. The molecule has 0 fully saturated rings. The number of sulfonamides is 1. The Bertz CT molecular complexity index is 869. The lowest BCUT2D eigenvalue weighted by Gasteiger charge is -2.20. The minimum atomic E-state index is -3.84. The summed E-state index contributed by atoms with van der Waals surface area (Å²) in [6.45, 7) is 7.06. The number of methoxy groups -OCH3 is 1. The fourth-order valence-corrected chi connectivity index (χ4v) is 3.50. The van der Waals surface area contributed by atoms with Crippen LogP contribution in [0.25, 0.3) is 0 Å². The van der Waals surface area contributed by atoms with Crippen LogP contribution in [0.3, 0.4) is 0 Å². The number of nitrogens with one attached hydrogen (secondary N) is 1. The van der Waals surface area contributed by atoms with Gasteiger partial charge in [-0.3, -0.25) is 4.79 Å². The van der Waals surface area contributed by atoms with E-state index in [0.717, 1.165) is 5.56 Å². The highest BCUT2D eigenvalue weighted by Crippen LogP contribution is 2.25. The molecule has 0 amide bonds. The third-order valence-electron chi connectivity index (χ3n) is 3.85. The lowest BCUT2D eigenvalue weighted by atomic mass is 9.97. The van der Waals surface area contributed by atoms with E-state index in [4.69, 9.17) is 4.74 Å². The number of carbonyl (C=O) groups is 1. The zero-order valence-corrected chi connectivity index (χ0v) is 15.3. The molecule has 0 saturated carbocycles. The van der Waals surface area contributed by atoms with Crippen molar-refractivity contribution in [3.8, 4) is 5.75 Å². The van der Waals surface area contributed by atoms with Crippen molar-refractivity contribution >= 4 is 15.8 Å². The van der Waals surface area contributed by atoms with Crippen LogP contribution in [0.5, 0.6) is 5.75 Å². The highest BCUT2D eigenvalue weighted by molar-refractivity contribution is 7.89. The van der Waals surface area contributed by atoms with Gasteiger partial charge in [0.1, 0.15) is 5.75 Å². The molecule has 2 rings (SSSR count). The van der Waals surface area contributed by atoms with Crippen molar-refractivity contribution in [2.24, 2.45) is 0 Å². The van der Waals surface area contributed by atoms with Gasteiger partial charge in [0.15, 0.2) is 5.78 Å². The van der Waals surface area contributed by atoms with Crippen molar-refractivity contribution in [2.45, 2.75) is 24.8 Å². The predicted molar refractivity (Wildman–Crippen MR) is 97.1 cm³/mol. The summed E-state index contributed by atoms with van der Waals surface area (Å²) in [5.41, 5.74) is 1.87. The lowest BCUT2D eigenvalue weighted by molar-refractivity contribution is -0.113. The highest BCUT2D eigenvalue weighted by atomic mass is 32.2. The number of ketones is 1. The fourth-order valence-electron chi connectivity index (χ4n) is 2.28. The van der Waals surface area contributed by atoms with Gasteiger partial charge in [-0.05, 0) is 43.7 Å². The SMILES string of the molecule is C=C(C(C)=O)[C@H](NS(=O)(=O)c1ccc(OC)cc1)c1ccc(C)cc1. The van der Waals surface area contributed by atoms with Gasteiger partial charge in [0, 0.05) is 5.57 Å². The van der Waals surface area contributed by atoms with Crippen molar-refractivity contribution in [1.82, 2.24) is 4.72 Å². The third kappa shape index (κ3) is 4.55. The Labute approximate surface area is 148 Å². The summed E-state index contributed by atoms with van der Waals surface area (Å²) in [5.74, 6) is 0.283. The Kier molecular flexibility index (Phi) is 5.77. The van der Waals surface area contributed by atoms with Gasteiger partial charge in [-0.15, -0.1) is 0 Å². The standard InChI is InChI=1S/C19H21NO4S/c1-13-5-7-16(8-6-13)19(14(2)15(3)21)20-25(22,23)18-11-9-17(24-4)10-12-18/h5-12,19-20H,2H2,1,3-4H3/t19-/m0/s1. The molecule has 25 heavy (non-hydrogen) atoms. The summed E-state index contributed by atoms with van der Waals surface area (Å²) in [5, 5.41) is 0. The first-order valence-corrected chi connectivity index (χ1v) is 9.15. The van der Waals surface area contributed by atoms with E-state index < -0.39 is 16.1 Å². The molecule has 6 heteroatoms. The number of hydrogen-bond acceptors (Lipinski definition) is 4. The van der Waals surface area contributed by atoms with Crippen molar-refractivity contribution in [3.63, 3.8) is 0 Å². The Morgan fingerprint density at radius 1 is 1.08 bits per heavy atom. The second-order valence-electron chi connectivity index (χ2n) is 5.72. The van der Waals surface area contributed by atoms with E-state index >= 15 is 0 Å². The summed E-state index contributed by atoms with van der Waals surface area (Å²) in [7, 11) is -2.33. The Balaban J connectivity index is 2.38. The molecule has 0 aliphatic heterocycles. The van der Waals surface area contributed by atoms with Crippen molar-refractivity contribution < 1.29 is 17.9 Å². The summed E-state index contributed by atoms with van der Waals surface area (Å²) in [6, 6.07) is 12.5. The molecule has 0 saturated heterocycles. The molecule has 2 aromatic rings. The van der Waals surface area contributed by atoms with E-state index in [0.29, 0.717) is 11.3 Å². The maximum absolute atomic E-state index is 12.7. The van der Waals surface area contributed by atoms with Gasteiger partial charge in [0.05, 0.1) is 18.0 Å². The Morgan fingerprint density at radius 3 is 2.12 bits per heavy atom. The summed E-state index contributed by atoms with van der Waals surface area (Å²) >= 11 is 0. The van der Waals surface area contributed by atoms with E-state index in [1.807, 2.05) is 19.1 Å². The summed E-state index contributed by atoms with van der Waals surface area (Å²) in [6.07, 6.45) is 0. The van der Waals surface area contributed by atoms with Gasteiger partial charge in [-0.2, -0.15) is 4.72 Å². The van der Waals surface area contributed by atoms with Crippen LogP contribution in [0.15, 0.2) is 65.6 Å². The minimum absolute atomic E-state index is 0.0850. The molecular weight excluding hydrogens is 338 g/mol. The van der Waals surface area contributed by atoms with Crippen LogP contribution in [0.2, 0.25) is 0 Å². The Hall–Kier alpha value is -2.44. The van der Waals surface area contributed by atoms with Crippen molar-refractivity contribution in [3.05, 3.63) is 71.8 Å². The monoisotopic (exact) mass is 359 g/mol. The number of benzene rings is 2. The molecular formula is C19H21NO4S. The Morgan fingerprint density at radius 2 is 1.64 bits per heavy atom. The minimum Gasteiger partial charge on any atom is -0.497 e. The molecule has 1 N–H and O–H groups in total. The van der Waals surface area contributed by atoms with Crippen LogP contribution in [-0.4, -0.2) is 21.3 Å². The maximum Gasteiger partial charge on any atom is 0.241 e. The molecule has 0 bridgehead atoms. The van der Waals surface area contributed by atoms with Gasteiger partial charge in [0.25, 0.3) is 0 Å². The van der Waals surface area contributed by atoms with Crippen LogP contribution >= 0.6 is 0 Å². The van der Waals surface area contributed by atoms with E-state index in [-0.39, 0.29) is 16.3 Å². The molecule has 0 heterocycles. The van der Waals surface area contributed by atoms with Crippen LogP contribution < -0.4 is 9.46 Å². The molecule has 1 atom stereocenters. The smallest absolute Gasteiger partial charge is 0.241 e. The number of hydrogen-bond donors (Lipinski definition) is 1. The van der Waals surface area contributed by atoms with Gasteiger partial charge < -0.3 is 4.74 Å². The predicted octanol–water partition coefficient (Wildman–Crippen LogP) is 3.17. The van der Waals surface area contributed by atoms with Crippen LogP contribution in [-0.2, 0) is 14.8 Å². The average Bonchev–Trinajstić information content (AvgIpc) is 2.60. The second kappa shape index (κ2) is 7.63. The number of carbonyl (C=O) groups excluding carboxylic acids is 1. The van der Waals surface area contributed by atoms with Crippen LogP contribution in [0, 0.1) is 6.92 Å². The first-order valence-electron chi connectivity index (χ1n) is 7.67. The van der Waals surface area contributed by atoms with E-state index in [1.54, 1.807) is 24.3 Å². The molecule has 5 nitrogen and oxygen atoms in total. The fraction of sp³-hybridized carbons (Fsp3) is 0.211. The van der Waals surface area contributed by atoms with E-state index in [2.05, 4.69) is 11.3 Å². The lowest BCUT2D eigenvalue weighted by Crippen LogP contribution is -2.31. The molecule has 0 aromatic heterocycles. The summed E-state index contributed by atoms with van der Waals surface area (Å²) < 4.78 is 33.0. The highest BCUT2D eigenvalue weighted by Gasteiger charge is 2.25. The number of aryl methyl sites for hydroxylation is 1. The zero-order chi connectivity index (χ0) is 18.6. The van der Waals surface area contributed by atoms with Gasteiger partial charge in [-0.1, -0.05) is 36.4 Å². The largest absolute Gasteiger partial charge is 0.497 e. The third-order valence-corrected chi connectivity index (χ3v) is 5.29. The first kappa shape index (κ1) is 18.9. The zero-order valence-electron chi connectivity index (χ0n) is 14.4. The van der Waals surface area contributed by atoms with Gasteiger partial charge >= 0.3 is 0 Å². The van der Waals surface area contributed by atoms with Crippen molar-refractivity contribution in [2.75, 3.05) is 7.11 Å². The molecule has 0 spiro atoms. The molecule has 132 valence electrons. The van der Waals surface area contributed by atoms with Crippen LogP contribution in [0.1, 0.15) is 24.1 Å². The molecule has 0 aliphatic carbocycles. The number of Topliss-reactive ketones (excluding diaryl/α,β-unsaturated/α-hetero) is 1. The molecule has 0 unspecified atom stereocenters. The number of ether oxygens (including phenoxy) is 1. The maximum atomic E-state index is 12.7. The quantitative estimate of drug-likeness (QED) is 0.771. The average molecular weight is 359 g/mol. The second-order valence-corrected chi connectivity index (χ2v) is 7.44. The van der Waals surface area contributed by atoms with Crippen LogP contribution in [0.4, 0.5) is 0 Å². The number of rotatable bonds is 7. The summed E-state index contributed by atoms with van der Waals surface area (Å²) in [4.78, 5) is 11.9. The molecule has 2 aromatic carbocycles. The van der Waals surface area contributed by atoms with Gasteiger partial charge in [0.2, 0.25) is 10.0 Å². The van der Waals surface area contributed by atoms with Crippen molar-refractivity contribution in [1.29, 1.82) is 0 Å². The van der Waals surface area contributed by atoms with E-state index in [9.17, 15) is 13.2 Å². The van der Waals surface area contributed by atoms with E-state index in [1.165, 1.54) is 26.2 Å². The topological polar surface area (TPSA) is 72.5 Å². The molecule has 0 radical (unpaired) electrons. The van der Waals surface area contributed by atoms with Gasteiger partial charge in [-0.25, -0.2) is 8.42 Å². The molecule has 0 aliphatic rings. The normalized spacial score (nSPS) is 12.4.